The van der Waals surface area contributed by atoms with E-state index in [9.17, 15) is 17.4 Å². The van der Waals surface area contributed by atoms with Gasteiger partial charge in [0, 0.05) is 55.0 Å². The summed E-state index contributed by atoms with van der Waals surface area (Å²) in [6, 6.07) is 0.0404. The minimum atomic E-state index is -4.15. The van der Waals surface area contributed by atoms with E-state index in [2.05, 4.69) is 5.32 Å². The third-order valence-corrected chi connectivity index (χ3v) is 4.14. The zero-order valence-electron chi connectivity index (χ0n) is 10.8. The van der Waals surface area contributed by atoms with Crippen LogP contribution in [0.3, 0.4) is 0 Å². The van der Waals surface area contributed by atoms with Gasteiger partial charge in [-0.2, -0.15) is 13.2 Å². The van der Waals surface area contributed by atoms with Crippen LogP contribution in [0, 0.1) is 5.92 Å². The van der Waals surface area contributed by atoms with Gasteiger partial charge in [0.25, 0.3) is 0 Å². The Morgan fingerprint density at radius 3 is 2.72 bits per heavy atom. The van der Waals surface area contributed by atoms with Gasteiger partial charge in [-0.25, -0.2) is 0 Å². The number of alkyl halides is 3. The molecule has 0 aromatic carbocycles. The number of nitrogens with one attached hydrogen (secondary N) is 1. The molecule has 0 saturated carbocycles. The molecule has 3 nitrogen and oxygen atoms in total. The maximum atomic E-state index is 12.8. The summed E-state index contributed by atoms with van der Waals surface area (Å²) in [4.78, 5) is 1.85. The van der Waals surface area contributed by atoms with Gasteiger partial charge in [-0.3, -0.25) is 9.11 Å². The number of hydrogen-bond donors (Lipinski definition) is 1. The Bertz CT molecular complexity index is 286. The summed E-state index contributed by atoms with van der Waals surface area (Å²) >= 11 is 0. The Labute approximate surface area is 109 Å². The topological polar surface area (TPSA) is 32.3 Å². The largest absolute Gasteiger partial charge is 0.394 e. The van der Waals surface area contributed by atoms with E-state index in [1.54, 1.807) is 6.26 Å². The van der Waals surface area contributed by atoms with Gasteiger partial charge in [-0.1, -0.05) is 0 Å². The third kappa shape index (κ3) is 5.24. The zero-order valence-corrected chi connectivity index (χ0v) is 11.6. The predicted octanol–water partition coefficient (Wildman–Crippen LogP) is 1.23. The summed E-state index contributed by atoms with van der Waals surface area (Å²) in [5, 5.41) is 2.83. The summed E-state index contributed by atoms with van der Waals surface area (Å²) in [5.74, 6) is -0.767. The van der Waals surface area contributed by atoms with Crippen molar-refractivity contribution < 1.29 is 17.4 Å². The van der Waals surface area contributed by atoms with Crippen LogP contribution in [-0.2, 0) is 10.8 Å². The van der Waals surface area contributed by atoms with Gasteiger partial charge >= 0.3 is 6.18 Å². The van der Waals surface area contributed by atoms with Gasteiger partial charge in [-0.05, 0) is 13.3 Å². The molecule has 18 heavy (non-hydrogen) atoms. The van der Waals surface area contributed by atoms with Gasteiger partial charge in [0.2, 0.25) is 0 Å². The third-order valence-electron chi connectivity index (χ3n) is 3.33. The van der Waals surface area contributed by atoms with Crippen LogP contribution in [-0.4, -0.2) is 59.5 Å². The molecule has 1 N–H and O–H groups in total. The van der Waals surface area contributed by atoms with E-state index in [0.29, 0.717) is 25.3 Å². The minimum absolute atomic E-state index is 0.00751. The lowest BCUT2D eigenvalue weighted by Gasteiger charge is -2.30. The second-order valence-corrected chi connectivity index (χ2v) is 6.41. The first-order valence-electron chi connectivity index (χ1n) is 6.12. The Morgan fingerprint density at radius 2 is 2.17 bits per heavy atom. The second-order valence-electron chi connectivity index (χ2n) is 4.85. The zero-order chi connectivity index (χ0) is 13.8. The highest BCUT2D eigenvalue weighted by Crippen LogP contribution is 2.28. The first-order chi connectivity index (χ1) is 8.30. The van der Waals surface area contributed by atoms with Crippen LogP contribution in [0.25, 0.3) is 0 Å². The Morgan fingerprint density at radius 1 is 1.50 bits per heavy atom. The molecule has 108 valence electrons. The lowest BCUT2D eigenvalue weighted by Crippen LogP contribution is -2.42. The maximum Gasteiger partial charge on any atom is 0.394 e. The minimum Gasteiger partial charge on any atom is -0.315 e. The van der Waals surface area contributed by atoms with Crippen molar-refractivity contribution in [1.29, 1.82) is 0 Å². The molecule has 0 aromatic heterocycles. The number of hydrogen-bond acceptors (Lipinski definition) is 3. The predicted molar refractivity (Wildman–Crippen MR) is 67.0 cm³/mol. The van der Waals surface area contributed by atoms with E-state index < -0.39 is 22.9 Å². The SMILES string of the molecule is CC(CCS(C)=O)N1CCNCC(C(F)(F)F)C1. The van der Waals surface area contributed by atoms with Crippen LogP contribution in [0.15, 0.2) is 0 Å². The highest BCUT2D eigenvalue weighted by molar-refractivity contribution is 7.84. The molecule has 1 saturated heterocycles. The molecule has 0 bridgehead atoms. The van der Waals surface area contributed by atoms with Gasteiger partial charge in [0.05, 0.1) is 5.92 Å². The molecular weight excluding hydrogens is 265 g/mol. The summed E-state index contributed by atoms with van der Waals surface area (Å²) in [6.07, 6.45) is -1.86. The quantitative estimate of drug-likeness (QED) is 0.843. The van der Waals surface area contributed by atoms with Crippen molar-refractivity contribution in [2.24, 2.45) is 5.92 Å². The fourth-order valence-corrected chi connectivity index (χ4v) is 2.75. The molecule has 1 heterocycles. The van der Waals surface area contributed by atoms with Crippen molar-refractivity contribution in [1.82, 2.24) is 10.2 Å². The van der Waals surface area contributed by atoms with E-state index in [0.717, 1.165) is 0 Å². The van der Waals surface area contributed by atoms with Gasteiger partial charge < -0.3 is 5.32 Å². The summed E-state index contributed by atoms with van der Waals surface area (Å²) < 4.78 is 49.3. The molecule has 1 rings (SSSR count). The summed E-state index contributed by atoms with van der Waals surface area (Å²) in [7, 11) is -0.885. The number of nitrogens with zero attached hydrogens (tertiary/aromatic N) is 1. The van der Waals surface area contributed by atoms with Crippen LogP contribution in [0.4, 0.5) is 13.2 Å². The molecule has 3 atom stereocenters. The van der Waals surface area contributed by atoms with Crippen molar-refractivity contribution >= 4 is 10.8 Å². The standard InChI is InChI=1S/C11H21F3N2OS/c1-9(3-6-18(2)17)16-5-4-15-7-10(8-16)11(12,13)14/h9-10,15H,3-8H2,1-2H3. The van der Waals surface area contributed by atoms with Crippen molar-refractivity contribution in [3.63, 3.8) is 0 Å². The van der Waals surface area contributed by atoms with E-state index in [1.807, 2.05) is 11.8 Å². The Kier molecular flexibility index (Phi) is 6.07. The second kappa shape index (κ2) is 6.86. The highest BCUT2D eigenvalue weighted by Gasteiger charge is 2.41. The molecule has 0 amide bonds. The van der Waals surface area contributed by atoms with Crippen LogP contribution >= 0.6 is 0 Å². The Balaban J connectivity index is 2.55. The van der Waals surface area contributed by atoms with E-state index >= 15 is 0 Å². The summed E-state index contributed by atoms with van der Waals surface area (Å²) in [5.41, 5.74) is 0. The highest BCUT2D eigenvalue weighted by atomic mass is 32.2. The fraction of sp³-hybridized carbons (Fsp3) is 1.00. The maximum absolute atomic E-state index is 12.8. The average molecular weight is 286 g/mol. The number of rotatable bonds is 4. The monoisotopic (exact) mass is 286 g/mol. The van der Waals surface area contributed by atoms with Crippen molar-refractivity contribution in [2.75, 3.05) is 38.2 Å². The first kappa shape index (κ1) is 15.9. The molecule has 3 unspecified atom stereocenters. The van der Waals surface area contributed by atoms with E-state index in [-0.39, 0.29) is 19.1 Å². The molecule has 0 spiro atoms. The average Bonchev–Trinajstić information content (AvgIpc) is 2.50. The van der Waals surface area contributed by atoms with Gasteiger partial charge in [0.1, 0.15) is 0 Å². The molecule has 0 aromatic rings. The molecule has 7 heteroatoms. The lowest BCUT2D eigenvalue weighted by molar-refractivity contribution is -0.176. The molecule has 1 aliphatic heterocycles. The molecular formula is C11H21F3N2OS. The molecule has 1 aliphatic rings. The summed E-state index contributed by atoms with van der Waals surface area (Å²) in [6.45, 7) is 3.13. The number of halogens is 3. The smallest absolute Gasteiger partial charge is 0.315 e. The van der Waals surface area contributed by atoms with Crippen molar-refractivity contribution in [3.8, 4) is 0 Å². The van der Waals surface area contributed by atoms with E-state index in [4.69, 9.17) is 0 Å². The van der Waals surface area contributed by atoms with Crippen molar-refractivity contribution in [3.05, 3.63) is 0 Å². The lowest BCUT2D eigenvalue weighted by atomic mass is 10.1. The van der Waals surface area contributed by atoms with Crippen LogP contribution in [0.2, 0.25) is 0 Å². The first-order valence-corrected chi connectivity index (χ1v) is 7.85. The van der Waals surface area contributed by atoms with Crippen LogP contribution in [0.1, 0.15) is 13.3 Å². The van der Waals surface area contributed by atoms with Crippen LogP contribution < -0.4 is 5.32 Å². The van der Waals surface area contributed by atoms with Crippen LogP contribution in [0.5, 0.6) is 0 Å². The molecule has 1 fully saturated rings. The normalized spacial score (nSPS) is 26.6. The fourth-order valence-electron chi connectivity index (χ4n) is 2.08. The van der Waals surface area contributed by atoms with Gasteiger partial charge in [-0.15, -0.1) is 0 Å². The van der Waals surface area contributed by atoms with Crippen molar-refractivity contribution in [2.45, 2.75) is 25.6 Å². The molecule has 0 aliphatic carbocycles. The Hall–Kier alpha value is -0.140. The van der Waals surface area contributed by atoms with E-state index in [1.165, 1.54) is 0 Å². The van der Waals surface area contributed by atoms with Gasteiger partial charge in [0.15, 0.2) is 0 Å². The molecule has 0 radical (unpaired) electrons.